The predicted molar refractivity (Wildman–Crippen MR) is 129 cm³/mol. The summed E-state index contributed by atoms with van der Waals surface area (Å²) in [5, 5.41) is 0.799. The van der Waals surface area contributed by atoms with Crippen LogP contribution in [0.4, 0.5) is 5.69 Å². The highest BCUT2D eigenvalue weighted by molar-refractivity contribution is 5.97. The van der Waals surface area contributed by atoms with Crippen molar-refractivity contribution >= 4 is 22.6 Å². The summed E-state index contributed by atoms with van der Waals surface area (Å²) in [5.74, 6) is 0.986. The van der Waals surface area contributed by atoms with E-state index in [4.69, 9.17) is 18.6 Å². The van der Waals surface area contributed by atoms with Crippen molar-refractivity contribution < 1.29 is 23.4 Å². The lowest BCUT2D eigenvalue weighted by molar-refractivity contribution is 0.0527. The van der Waals surface area contributed by atoms with E-state index in [1.807, 2.05) is 53.4 Å². The third-order valence-electron chi connectivity index (χ3n) is 5.84. The van der Waals surface area contributed by atoms with E-state index in [1.165, 1.54) is 6.07 Å². The predicted octanol–water partition coefficient (Wildman–Crippen LogP) is 5.00. The van der Waals surface area contributed by atoms with Gasteiger partial charge in [0, 0.05) is 11.5 Å². The number of para-hydroxylation sites is 1. The molecule has 0 bridgehead atoms. The van der Waals surface area contributed by atoms with Crippen LogP contribution in [0, 0.1) is 0 Å². The summed E-state index contributed by atoms with van der Waals surface area (Å²) in [7, 11) is 1.61. The third kappa shape index (κ3) is 3.85. The first-order chi connectivity index (χ1) is 16.6. The second-order valence-electron chi connectivity index (χ2n) is 7.84. The lowest BCUT2D eigenvalue weighted by atomic mass is 9.99. The molecule has 0 unspecified atom stereocenters. The van der Waals surface area contributed by atoms with Gasteiger partial charge in [-0.3, -0.25) is 0 Å². The maximum absolute atomic E-state index is 12.5. The standard InChI is InChI=1S/C27H23NO6/c1-3-32-27(30)20-6-4-5-7-23(20)28-15-22-24(33-16-28)13-12-19-21(14-25(29)34-26(19)22)17-8-10-18(31-2)11-9-17/h4-14H,3,15-16H2,1-2H3. The van der Waals surface area contributed by atoms with E-state index >= 15 is 0 Å². The first-order valence-corrected chi connectivity index (χ1v) is 11.0. The Morgan fingerprint density at radius 2 is 1.85 bits per heavy atom. The topological polar surface area (TPSA) is 78.2 Å². The highest BCUT2D eigenvalue weighted by atomic mass is 16.5. The van der Waals surface area contributed by atoms with Crippen LogP contribution in [-0.4, -0.2) is 26.4 Å². The van der Waals surface area contributed by atoms with Gasteiger partial charge in [-0.2, -0.15) is 0 Å². The fraction of sp³-hybridized carbons (Fsp3) is 0.185. The molecular weight excluding hydrogens is 434 g/mol. The zero-order valence-electron chi connectivity index (χ0n) is 18.9. The second kappa shape index (κ2) is 8.94. The number of fused-ring (bicyclic) bond motifs is 3. The second-order valence-corrected chi connectivity index (χ2v) is 7.84. The molecule has 0 amide bonds. The van der Waals surface area contributed by atoms with E-state index < -0.39 is 11.6 Å². The van der Waals surface area contributed by atoms with Crippen molar-refractivity contribution in [1.82, 2.24) is 0 Å². The minimum absolute atomic E-state index is 0.247. The molecule has 0 fully saturated rings. The van der Waals surface area contributed by atoms with E-state index in [2.05, 4.69) is 0 Å². The number of carbonyl (C=O) groups excluding carboxylic acids is 1. The normalized spacial score (nSPS) is 12.7. The van der Waals surface area contributed by atoms with Gasteiger partial charge >= 0.3 is 11.6 Å². The summed E-state index contributed by atoms with van der Waals surface area (Å²) in [6.45, 7) is 2.71. The van der Waals surface area contributed by atoms with Crippen LogP contribution in [0.1, 0.15) is 22.8 Å². The first-order valence-electron chi connectivity index (χ1n) is 11.0. The van der Waals surface area contributed by atoms with Gasteiger partial charge in [0.25, 0.3) is 0 Å². The van der Waals surface area contributed by atoms with Gasteiger partial charge < -0.3 is 23.5 Å². The molecular formula is C27H23NO6. The number of methoxy groups -OCH3 is 1. The highest BCUT2D eigenvalue weighted by Gasteiger charge is 2.26. The zero-order valence-corrected chi connectivity index (χ0v) is 18.9. The average molecular weight is 457 g/mol. The number of nitrogens with zero attached hydrogens (tertiary/aromatic N) is 1. The van der Waals surface area contributed by atoms with Crippen molar-refractivity contribution in [3.05, 3.63) is 88.3 Å². The number of benzene rings is 3. The Kier molecular flexibility index (Phi) is 5.67. The van der Waals surface area contributed by atoms with Gasteiger partial charge in [-0.25, -0.2) is 9.59 Å². The minimum atomic E-state index is -0.448. The van der Waals surface area contributed by atoms with Crippen LogP contribution in [0.15, 0.2) is 75.9 Å². The molecule has 1 aromatic heterocycles. The monoisotopic (exact) mass is 457 g/mol. The van der Waals surface area contributed by atoms with Crippen LogP contribution < -0.4 is 20.0 Å². The van der Waals surface area contributed by atoms with Crippen LogP contribution in [0.5, 0.6) is 11.5 Å². The molecule has 0 radical (unpaired) electrons. The first kappa shape index (κ1) is 21.6. The van der Waals surface area contributed by atoms with Crippen LogP contribution in [0.25, 0.3) is 22.1 Å². The summed E-state index contributed by atoms with van der Waals surface area (Å²) < 4.78 is 22.2. The van der Waals surface area contributed by atoms with Crippen LogP contribution in [0.2, 0.25) is 0 Å². The highest BCUT2D eigenvalue weighted by Crippen LogP contribution is 2.38. The number of esters is 1. The molecule has 0 N–H and O–H groups in total. The maximum Gasteiger partial charge on any atom is 0.340 e. The molecule has 0 atom stereocenters. The molecule has 3 aromatic carbocycles. The fourth-order valence-electron chi connectivity index (χ4n) is 4.23. The Bertz CT molecular complexity index is 1420. The molecule has 5 rings (SSSR count). The summed E-state index contributed by atoms with van der Waals surface area (Å²) in [6, 6.07) is 20.0. The minimum Gasteiger partial charge on any atom is -0.497 e. The smallest absolute Gasteiger partial charge is 0.340 e. The molecule has 0 spiro atoms. The zero-order chi connectivity index (χ0) is 23.7. The summed E-state index contributed by atoms with van der Waals surface area (Å²) in [6.07, 6.45) is 0. The SMILES string of the molecule is CCOC(=O)c1ccccc1N1COc2ccc3c(-c4ccc(OC)cc4)cc(=O)oc3c2C1. The van der Waals surface area contributed by atoms with Gasteiger partial charge in [0.05, 0.1) is 37.1 Å². The van der Waals surface area contributed by atoms with Crippen molar-refractivity contribution in [3.8, 4) is 22.6 Å². The number of hydrogen-bond acceptors (Lipinski definition) is 7. The summed E-state index contributed by atoms with van der Waals surface area (Å²) >= 11 is 0. The molecule has 4 aromatic rings. The van der Waals surface area contributed by atoms with Crippen molar-refractivity contribution in [2.24, 2.45) is 0 Å². The van der Waals surface area contributed by atoms with E-state index in [0.717, 1.165) is 27.8 Å². The number of hydrogen-bond donors (Lipinski definition) is 0. The van der Waals surface area contributed by atoms with Crippen molar-refractivity contribution in [2.45, 2.75) is 13.5 Å². The van der Waals surface area contributed by atoms with Gasteiger partial charge in [-0.15, -0.1) is 0 Å². The van der Waals surface area contributed by atoms with Crippen LogP contribution >= 0.6 is 0 Å². The molecule has 0 aliphatic carbocycles. The fourth-order valence-corrected chi connectivity index (χ4v) is 4.23. The van der Waals surface area contributed by atoms with Crippen molar-refractivity contribution in [2.75, 3.05) is 25.3 Å². The molecule has 1 aliphatic rings. The van der Waals surface area contributed by atoms with Crippen LogP contribution in [-0.2, 0) is 11.3 Å². The number of rotatable bonds is 5. The van der Waals surface area contributed by atoms with E-state index in [9.17, 15) is 9.59 Å². The van der Waals surface area contributed by atoms with Crippen molar-refractivity contribution in [3.63, 3.8) is 0 Å². The molecule has 172 valence electrons. The molecule has 7 heteroatoms. The Hall–Kier alpha value is -4.26. The quantitative estimate of drug-likeness (QED) is 0.308. The Labute approximate surface area is 196 Å². The van der Waals surface area contributed by atoms with Gasteiger partial charge in [-0.1, -0.05) is 24.3 Å². The largest absolute Gasteiger partial charge is 0.497 e. The summed E-state index contributed by atoms with van der Waals surface area (Å²) in [4.78, 5) is 27.0. The third-order valence-corrected chi connectivity index (χ3v) is 5.84. The van der Waals surface area contributed by atoms with E-state index in [-0.39, 0.29) is 13.3 Å². The molecule has 2 heterocycles. The molecule has 0 saturated carbocycles. The number of anilines is 1. The summed E-state index contributed by atoms with van der Waals surface area (Å²) in [5.41, 5.74) is 3.55. The molecule has 34 heavy (non-hydrogen) atoms. The Morgan fingerprint density at radius 3 is 2.62 bits per heavy atom. The lowest BCUT2D eigenvalue weighted by Crippen LogP contribution is -2.33. The molecule has 7 nitrogen and oxygen atoms in total. The van der Waals surface area contributed by atoms with Crippen LogP contribution in [0.3, 0.4) is 0 Å². The number of ether oxygens (including phenoxy) is 3. The molecule has 1 aliphatic heterocycles. The Morgan fingerprint density at radius 1 is 1.06 bits per heavy atom. The molecule has 0 saturated heterocycles. The maximum atomic E-state index is 12.5. The number of carbonyl (C=O) groups is 1. The van der Waals surface area contributed by atoms with Crippen molar-refractivity contribution in [1.29, 1.82) is 0 Å². The van der Waals surface area contributed by atoms with Gasteiger partial charge in [0.2, 0.25) is 0 Å². The Balaban J connectivity index is 1.60. The van der Waals surface area contributed by atoms with Gasteiger partial charge in [0.1, 0.15) is 17.1 Å². The average Bonchev–Trinajstić information content (AvgIpc) is 2.88. The van der Waals surface area contributed by atoms with Gasteiger partial charge in [0.15, 0.2) is 6.73 Å². The van der Waals surface area contributed by atoms with E-state index in [0.29, 0.717) is 29.1 Å². The van der Waals surface area contributed by atoms with E-state index in [1.54, 1.807) is 26.2 Å². The van der Waals surface area contributed by atoms with Gasteiger partial charge in [-0.05, 0) is 54.4 Å². The lowest BCUT2D eigenvalue weighted by Gasteiger charge is -2.32.